The number of carboxylic acid groups (broad SMARTS) is 5. The molecule has 0 heterocycles. The molecule has 0 saturated heterocycles. The first-order valence-corrected chi connectivity index (χ1v) is 16.1. The number of benzene rings is 3. The Kier molecular flexibility index (Phi) is 27.3. The number of hydrogen-bond acceptors (Lipinski definition) is 6. The molecule has 0 aliphatic rings. The van der Waals surface area contributed by atoms with Gasteiger partial charge in [0, 0.05) is 12.2 Å². The summed E-state index contributed by atoms with van der Waals surface area (Å²) < 4.78 is 9.58. The van der Waals surface area contributed by atoms with Crippen molar-refractivity contribution >= 4 is 55.7 Å². The lowest BCUT2D eigenvalue weighted by Crippen LogP contribution is -2.08. The second-order valence-corrected chi connectivity index (χ2v) is 10.9. The molecule has 0 spiro atoms. The van der Waals surface area contributed by atoms with Crippen LogP contribution in [-0.2, 0) is 36.6 Å². The van der Waals surface area contributed by atoms with Crippen LogP contribution in [0.3, 0.4) is 0 Å². The molecule has 0 aliphatic carbocycles. The lowest BCUT2D eigenvalue weighted by molar-refractivity contribution is -0.140. The zero-order valence-electron chi connectivity index (χ0n) is 28.3. The average molecular weight is 739 g/mol. The van der Waals surface area contributed by atoms with Crippen molar-refractivity contribution < 1.29 is 63.9 Å². The molecular weight excluding hydrogens is 695 g/mol. The van der Waals surface area contributed by atoms with Crippen LogP contribution in [0.25, 0.3) is 18.2 Å². The summed E-state index contributed by atoms with van der Waals surface area (Å²) in [5.41, 5.74) is 4.33. The minimum absolute atomic E-state index is 0.0808. The van der Waals surface area contributed by atoms with E-state index >= 15 is 0 Å². The van der Waals surface area contributed by atoms with Gasteiger partial charge in [-0.2, -0.15) is 0 Å². The number of rotatable bonds is 12. The van der Waals surface area contributed by atoms with E-state index in [1.165, 1.54) is 0 Å². The highest BCUT2D eigenvalue weighted by molar-refractivity contribution is 7.55. The van der Waals surface area contributed by atoms with Crippen molar-refractivity contribution in [2.75, 3.05) is 0 Å². The van der Waals surface area contributed by atoms with Gasteiger partial charge in [0.1, 0.15) is 5.57 Å². The maximum atomic E-state index is 10.4. The molecule has 52 heavy (non-hydrogen) atoms. The molecule has 278 valence electrons. The summed E-state index contributed by atoms with van der Waals surface area (Å²) in [6, 6.07) is 21.6. The van der Waals surface area contributed by atoms with Gasteiger partial charge in [-0.15, -0.1) is 13.2 Å². The quantitative estimate of drug-likeness (QED) is 0.0321. The molecule has 0 fully saturated rings. The lowest BCUT2D eigenvalue weighted by Gasteiger charge is -1.98. The first-order chi connectivity index (χ1) is 24.3. The summed E-state index contributed by atoms with van der Waals surface area (Å²) in [6.07, 6.45) is 6.02. The maximum absolute atomic E-state index is 10.4. The fraction of sp³-hybridized carbons (Fsp3) is 0.0789. The van der Waals surface area contributed by atoms with Crippen LogP contribution in [0.15, 0.2) is 130 Å². The predicted octanol–water partition coefficient (Wildman–Crippen LogP) is 7.15. The molecule has 14 heteroatoms. The van der Waals surface area contributed by atoms with Crippen molar-refractivity contribution in [3.8, 4) is 0 Å². The molecule has 3 aromatic rings. The van der Waals surface area contributed by atoms with Crippen molar-refractivity contribution in [1.29, 1.82) is 0 Å². The normalized spacial score (nSPS) is 9.04. The molecule has 0 saturated carbocycles. The molecular formula is C38H43O13P. The average Bonchev–Trinajstić information content (AvgIpc) is 3.12. The summed E-state index contributed by atoms with van der Waals surface area (Å²) in [5, 5.41) is 41.2. The molecule has 3 aromatic carbocycles. The molecule has 13 nitrogen and oxygen atoms in total. The third-order valence-electron chi connectivity index (χ3n) is 5.56. The summed E-state index contributed by atoms with van der Waals surface area (Å²) in [7, 11) is -3.88. The van der Waals surface area contributed by atoms with Gasteiger partial charge >= 0.3 is 37.4 Å². The van der Waals surface area contributed by atoms with Crippen molar-refractivity contribution in [2.24, 2.45) is 0 Å². The number of carbonyl (C=O) groups is 5. The van der Waals surface area contributed by atoms with Gasteiger partial charge in [-0.05, 0) is 46.4 Å². The lowest BCUT2D eigenvalue weighted by atomic mass is 10.1. The smallest absolute Gasteiger partial charge is 0.348 e. The zero-order valence-corrected chi connectivity index (χ0v) is 29.2. The Morgan fingerprint density at radius 3 is 1.13 bits per heavy atom. The van der Waals surface area contributed by atoms with E-state index in [-0.39, 0.29) is 12.8 Å². The van der Waals surface area contributed by atoms with Crippen molar-refractivity contribution in [1.82, 2.24) is 0 Å². The summed E-state index contributed by atoms with van der Waals surface area (Å²) in [4.78, 5) is 65.9. The molecule has 7 N–H and O–H groups in total. The number of aliphatic carboxylic acids is 4. The van der Waals surface area contributed by atoms with Crippen LogP contribution >= 0.6 is 7.60 Å². The molecule has 0 unspecified atom stereocenters. The van der Waals surface area contributed by atoms with E-state index < -0.39 is 43.0 Å². The van der Waals surface area contributed by atoms with Gasteiger partial charge < -0.3 is 35.3 Å². The Labute approximate surface area is 302 Å². The topological polar surface area (TPSA) is 244 Å². The molecule has 3 rings (SSSR count). The van der Waals surface area contributed by atoms with E-state index in [4.69, 9.17) is 35.3 Å². The van der Waals surface area contributed by atoms with Crippen LogP contribution in [-0.4, -0.2) is 65.2 Å². The van der Waals surface area contributed by atoms with Gasteiger partial charge in [0.25, 0.3) is 0 Å². The Morgan fingerprint density at radius 1 is 0.577 bits per heavy atom. The molecule has 0 aliphatic heterocycles. The second-order valence-electron chi connectivity index (χ2n) is 9.35. The van der Waals surface area contributed by atoms with E-state index in [2.05, 4.69) is 46.1 Å². The summed E-state index contributed by atoms with van der Waals surface area (Å²) >= 11 is 0. The third kappa shape index (κ3) is 27.5. The monoisotopic (exact) mass is 738 g/mol. The number of carboxylic acids is 5. The van der Waals surface area contributed by atoms with E-state index in [9.17, 15) is 28.5 Å². The first kappa shape index (κ1) is 50.0. The predicted molar refractivity (Wildman–Crippen MR) is 202 cm³/mol. The van der Waals surface area contributed by atoms with Gasteiger partial charge in [-0.25, -0.2) is 14.4 Å². The second kappa shape index (κ2) is 28.4. The minimum atomic E-state index is -3.88. The van der Waals surface area contributed by atoms with Crippen LogP contribution in [0.5, 0.6) is 0 Å². The standard InChI is InChI=1S/C11H12O2.C10H10O2.C9H8O2.C4H4O4.C2H5O3P.C2H4/c1-2-9-3-5-10(6-4-9)7-8-11(12)13;1-2-8-3-5-9(6-4-8)7-10(11)12;1-2-7-3-5-8(6-4-7)9(10)11;1-2(3(5)6)4(7)8;1-2-6(3,4)5;1-2/h2-6H,1,7-8H2,(H,12,13);2-6H,1,7H2,(H,11,12);2-6H,1H2,(H,10,11);1H2,(H,5,6)(H,7,8);2H,1H2,(H2,3,4,5);1-2H2. The van der Waals surface area contributed by atoms with E-state index in [0.29, 0.717) is 17.8 Å². The first-order valence-electron chi connectivity index (χ1n) is 14.5. The zero-order chi connectivity index (χ0) is 40.9. The molecule has 0 bridgehead atoms. The number of aryl methyl sites for hydroxylation is 1. The van der Waals surface area contributed by atoms with Gasteiger partial charge in [0.05, 0.1) is 12.0 Å². The fourth-order valence-electron chi connectivity index (χ4n) is 2.87. The van der Waals surface area contributed by atoms with E-state index in [1.54, 1.807) is 54.6 Å². The Morgan fingerprint density at radius 2 is 0.904 bits per heavy atom. The van der Waals surface area contributed by atoms with Gasteiger partial charge in [-0.3, -0.25) is 14.2 Å². The Bertz CT molecular complexity index is 1670. The Hall–Kier alpha value is -6.40. The molecule has 0 amide bonds. The molecule has 0 radical (unpaired) electrons. The van der Waals surface area contributed by atoms with Crippen LogP contribution < -0.4 is 0 Å². The highest BCUT2D eigenvalue weighted by Gasteiger charge is 2.10. The van der Waals surface area contributed by atoms with E-state index in [0.717, 1.165) is 27.8 Å². The van der Waals surface area contributed by atoms with E-state index in [1.807, 2.05) is 36.4 Å². The third-order valence-corrected chi connectivity index (χ3v) is 6.04. The number of aromatic carboxylic acids is 1. The van der Waals surface area contributed by atoms with Crippen molar-refractivity contribution in [3.05, 3.63) is 164 Å². The molecule has 0 atom stereocenters. The van der Waals surface area contributed by atoms with Crippen LogP contribution in [0, 0.1) is 0 Å². The summed E-state index contributed by atoms with van der Waals surface area (Å²) in [5.74, 6) is -4.86. The SMILES string of the molecule is C=C.C=C(C(=O)O)C(=O)O.C=CP(=O)(O)O.C=Cc1ccc(C(=O)O)cc1.C=Cc1ccc(CC(=O)O)cc1.C=Cc1ccc(CCC(=O)O)cc1. The largest absolute Gasteiger partial charge is 0.481 e. The number of hydrogen-bond donors (Lipinski definition) is 7. The van der Waals surface area contributed by atoms with Crippen LogP contribution in [0.2, 0.25) is 0 Å². The molecule has 0 aromatic heterocycles. The highest BCUT2D eigenvalue weighted by Crippen LogP contribution is 2.34. The van der Waals surface area contributed by atoms with Crippen molar-refractivity contribution in [3.63, 3.8) is 0 Å². The highest BCUT2D eigenvalue weighted by atomic mass is 31.2. The fourth-order valence-corrected chi connectivity index (χ4v) is 2.87. The van der Waals surface area contributed by atoms with Crippen molar-refractivity contribution in [2.45, 2.75) is 19.3 Å². The van der Waals surface area contributed by atoms with Gasteiger partial charge in [0.2, 0.25) is 0 Å². The summed E-state index contributed by atoms with van der Waals surface area (Å²) in [6.45, 7) is 22.4. The Balaban J connectivity index is -0.000000583. The van der Waals surface area contributed by atoms with Gasteiger partial charge in [0.15, 0.2) is 0 Å². The van der Waals surface area contributed by atoms with Crippen LogP contribution in [0.4, 0.5) is 0 Å². The van der Waals surface area contributed by atoms with Crippen LogP contribution in [0.1, 0.15) is 44.6 Å². The van der Waals surface area contributed by atoms with Gasteiger partial charge in [-0.1, -0.05) is 112 Å². The minimum Gasteiger partial charge on any atom is -0.481 e. The maximum Gasteiger partial charge on any atom is 0.348 e.